The maximum atomic E-state index is 10.7. The molecule has 1 aromatic heterocycles. The second kappa shape index (κ2) is 4.10. The fourth-order valence-corrected chi connectivity index (χ4v) is 1.86. The third kappa shape index (κ3) is 2.09. The van der Waals surface area contributed by atoms with E-state index in [1.807, 2.05) is 19.1 Å². The van der Waals surface area contributed by atoms with Crippen LogP contribution in [0, 0.1) is 6.92 Å². The number of rotatable bonds is 3. The molecule has 0 fully saturated rings. The Kier molecular flexibility index (Phi) is 2.77. The van der Waals surface area contributed by atoms with Gasteiger partial charge in [0, 0.05) is 23.0 Å². The lowest BCUT2D eigenvalue weighted by atomic mass is 10.0. The molecule has 0 saturated heterocycles. The first-order valence-corrected chi connectivity index (χ1v) is 5.27. The number of aromatic hydroxyl groups is 1. The predicted octanol–water partition coefficient (Wildman–Crippen LogP) is 1.14. The molecule has 5 nitrogen and oxygen atoms in total. The highest BCUT2D eigenvalue weighted by Gasteiger charge is 2.16. The van der Waals surface area contributed by atoms with Crippen LogP contribution >= 0.6 is 0 Å². The normalized spacial score (nSPS) is 12.8. The maximum absolute atomic E-state index is 10.7. The van der Waals surface area contributed by atoms with Crippen LogP contribution in [0.2, 0.25) is 0 Å². The number of phenols is 1. The molecule has 2 aromatic rings. The number of aromatic amines is 1. The first-order chi connectivity index (χ1) is 7.99. The number of nitrogens with two attached hydrogens (primary N) is 1. The zero-order valence-corrected chi connectivity index (χ0v) is 9.40. The quantitative estimate of drug-likeness (QED) is 0.639. The van der Waals surface area contributed by atoms with E-state index in [1.54, 1.807) is 6.07 Å². The van der Waals surface area contributed by atoms with Crippen molar-refractivity contribution in [2.45, 2.75) is 19.4 Å². The zero-order valence-electron chi connectivity index (χ0n) is 9.40. The van der Waals surface area contributed by atoms with Crippen LogP contribution in [0.25, 0.3) is 10.9 Å². The number of hydrogen-bond donors (Lipinski definition) is 4. The van der Waals surface area contributed by atoms with Crippen LogP contribution in [0.3, 0.4) is 0 Å². The number of H-pyrrole nitrogens is 1. The molecule has 0 amide bonds. The van der Waals surface area contributed by atoms with E-state index in [2.05, 4.69) is 4.98 Å². The lowest BCUT2D eigenvalue weighted by Gasteiger charge is -2.08. The van der Waals surface area contributed by atoms with Crippen molar-refractivity contribution in [1.29, 1.82) is 0 Å². The van der Waals surface area contributed by atoms with Crippen molar-refractivity contribution in [2.75, 3.05) is 0 Å². The first kappa shape index (κ1) is 11.5. The van der Waals surface area contributed by atoms with Gasteiger partial charge in [-0.2, -0.15) is 0 Å². The summed E-state index contributed by atoms with van der Waals surface area (Å²) in [6.07, 6.45) is 0.112. The van der Waals surface area contributed by atoms with E-state index in [0.717, 1.165) is 11.2 Å². The number of carbonyl (C=O) groups is 1. The number of fused-ring (bicyclic) bond motifs is 1. The van der Waals surface area contributed by atoms with Crippen LogP contribution < -0.4 is 5.73 Å². The summed E-state index contributed by atoms with van der Waals surface area (Å²) in [5.74, 6) is -0.974. The van der Waals surface area contributed by atoms with Crippen LogP contribution in [-0.4, -0.2) is 27.2 Å². The topological polar surface area (TPSA) is 99.3 Å². The zero-order chi connectivity index (χ0) is 12.6. The van der Waals surface area contributed by atoms with Gasteiger partial charge < -0.3 is 20.9 Å². The summed E-state index contributed by atoms with van der Waals surface area (Å²) in [5, 5.41) is 19.5. The number of benzene rings is 1. The van der Waals surface area contributed by atoms with Crippen molar-refractivity contribution >= 4 is 16.9 Å². The summed E-state index contributed by atoms with van der Waals surface area (Å²) in [4.78, 5) is 13.8. The van der Waals surface area contributed by atoms with Gasteiger partial charge in [0.15, 0.2) is 0 Å². The van der Waals surface area contributed by atoms with Gasteiger partial charge >= 0.3 is 5.97 Å². The highest BCUT2D eigenvalue weighted by molar-refractivity contribution is 5.88. The number of carboxylic acids is 1. The van der Waals surface area contributed by atoms with E-state index in [1.165, 1.54) is 0 Å². The van der Waals surface area contributed by atoms with E-state index < -0.39 is 12.0 Å². The van der Waals surface area contributed by atoms with Gasteiger partial charge in [0.25, 0.3) is 0 Å². The molecule has 1 unspecified atom stereocenters. The number of aliphatic carboxylic acids is 1. The third-order valence-corrected chi connectivity index (χ3v) is 2.75. The predicted molar refractivity (Wildman–Crippen MR) is 64.0 cm³/mol. The highest BCUT2D eigenvalue weighted by atomic mass is 16.4. The molecule has 17 heavy (non-hydrogen) atoms. The molecule has 0 bridgehead atoms. The van der Waals surface area contributed by atoms with E-state index in [-0.39, 0.29) is 12.2 Å². The molecule has 0 aliphatic heterocycles. The molecule has 1 atom stereocenters. The van der Waals surface area contributed by atoms with Gasteiger partial charge in [-0.15, -0.1) is 0 Å². The van der Waals surface area contributed by atoms with Gasteiger partial charge in [-0.05, 0) is 24.6 Å². The second-order valence-corrected chi connectivity index (χ2v) is 4.14. The number of phenolic OH excluding ortho intramolecular Hbond substituents is 1. The minimum Gasteiger partial charge on any atom is -0.507 e. The number of carboxylic acid groups (broad SMARTS) is 1. The largest absolute Gasteiger partial charge is 0.507 e. The molecule has 0 aliphatic carbocycles. The molecule has 5 N–H and O–H groups in total. The molecular formula is C12H14N2O3. The molecule has 2 rings (SSSR count). The molecule has 90 valence electrons. The average Bonchev–Trinajstić information content (AvgIpc) is 2.63. The Hall–Kier alpha value is -2.01. The minimum absolute atomic E-state index is 0.101. The summed E-state index contributed by atoms with van der Waals surface area (Å²) in [7, 11) is 0. The Balaban J connectivity index is 2.42. The number of hydrogen-bond acceptors (Lipinski definition) is 3. The Labute approximate surface area is 97.9 Å². The minimum atomic E-state index is -1.07. The van der Waals surface area contributed by atoms with Crippen LogP contribution in [0.1, 0.15) is 11.3 Å². The van der Waals surface area contributed by atoms with Crippen LogP contribution in [0.5, 0.6) is 5.75 Å². The molecular weight excluding hydrogens is 220 g/mol. The van der Waals surface area contributed by atoms with Gasteiger partial charge in [0.1, 0.15) is 11.8 Å². The molecule has 0 radical (unpaired) electrons. The summed E-state index contributed by atoms with van der Waals surface area (Å²) in [5.41, 5.74) is 7.76. The van der Waals surface area contributed by atoms with E-state index >= 15 is 0 Å². The Bertz CT molecular complexity index is 574. The van der Waals surface area contributed by atoms with Crippen LogP contribution in [0.4, 0.5) is 0 Å². The molecule has 5 heteroatoms. The lowest BCUT2D eigenvalue weighted by molar-refractivity contribution is -0.138. The molecule has 0 spiro atoms. The lowest BCUT2D eigenvalue weighted by Crippen LogP contribution is -2.32. The van der Waals surface area contributed by atoms with E-state index in [4.69, 9.17) is 10.8 Å². The second-order valence-electron chi connectivity index (χ2n) is 4.14. The fraction of sp³-hybridized carbons (Fsp3) is 0.250. The number of aromatic nitrogens is 1. The van der Waals surface area contributed by atoms with Crippen molar-refractivity contribution in [2.24, 2.45) is 5.73 Å². The van der Waals surface area contributed by atoms with E-state index in [0.29, 0.717) is 10.9 Å². The Morgan fingerprint density at radius 3 is 2.88 bits per heavy atom. The van der Waals surface area contributed by atoms with Crippen LogP contribution in [0.15, 0.2) is 18.2 Å². The van der Waals surface area contributed by atoms with Crippen molar-refractivity contribution < 1.29 is 15.0 Å². The van der Waals surface area contributed by atoms with Gasteiger partial charge in [-0.3, -0.25) is 4.79 Å². The summed E-state index contributed by atoms with van der Waals surface area (Å²) < 4.78 is 0. The molecule has 0 saturated carbocycles. The first-order valence-electron chi connectivity index (χ1n) is 5.27. The third-order valence-electron chi connectivity index (χ3n) is 2.75. The smallest absolute Gasteiger partial charge is 0.320 e. The van der Waals surface area contributed by atoms with Crippen molar-refractivity contribution in [3.8, 4) is 5.75 Å². The fourth-order valence-electron chi connectivity index (χ4n) is 1.86. The van der Waals surface area contributed by atoms with Gasteiger partial charge in [-0.1, -0.05) is 6.07 Å². The van der Waals surface area contributed by atoms with E-state index in [9.17, 15) is 9.90 Å². The summed E-state index contributed by atoms with van der Waals surface area (Å²) in [6.45, 7) is 1.89. The van der Waals surface area contributed by atoms with Crippen molar-refractivity contribution in [3.63, 3.8) is 0 Å². The maximum Gasteiger partial charge on any atom is 0.320 e. The van der Waals surface area contributed by atoms with Gasteiger partial charge in [-0.25, -0.2) is 0 Å². The van der Waals surface area contributed by atoms with Gasteiger partial charge in [0.2, 0.25) is 0 Å². The van der Waals surface area contributed by atoms with Gasteiger partial charge in [0.05, 0.1) is 0 Å². The highest BCUT2D eigenvalue weighted by Crippen LogP contribution is 2.29. The molecule has 1 aromatic carbocycles. The summed E-state index contributed by atoms with van der Waals surface area (Å²) >= 11 is 0. The average molecular weight is 234 g/mol. The SMILES string of the molecule is Cc1cc2c(O)c(CC(N)C(=O)O)ccc2[nH]1. The molecule has 1 heterocycles. The summed E-state index contributed by atoms with van der Waals surface area (Å²) in [6, 6.07) is 4.32. The van der Waals surface area contributed by atoms with Crippen molar-refractivity contribution in [1.82, 2.24) is 4.98 Å². The number of aryl methyl sites for hydroxylation is 1. The van der Waals surface area contributed by atoms with Crippen LogP contribution in [-0.2, 0) is 11.2 Å². The standard InChI is InChI=1S/C12H14N2O3/c1-6-4-8-10(14-6)3-2-7(11(8)15)5-9(13)12(16)17/h2-4,9,14-15H,5,13H2,1H3,(H,16,17). The van der Waals surface area contributed by atoms with Crippen molar-refractivity contribution in [3.05, 3.63) is 29.5 Å². The monoisotopic (exact) mass is 234 g/mol. The molecule has 0 aliphatic rings. The Morgan fingerprint density at radius 1 is 1.53 bits per heavy atom. The number of nitrogens with one attached hydrogen (secondary N) is 1. The Morgan fingerprint density at radius 2 is 2.24 bits per heavy atom.